The fourth-order valence-electron chi connectivity index (χ4n) is 3.92. The first-order valence-corrected chi connectivity index (χ1v) is 10.7. The molecule has 0 aromatic heterocycles. The Bertz CT molecular complexity index is 843. The summed E-state index contributed by atoms with van der Waals surface area (Å²) >= 11 is 1.62. The maximum atomic E-state index is 13.3. The largest absolute Gasteiger partial charge is 0.337 e. The fraction of sp³-hybridized carbons (Fsp3) is 0.364. The van der Waals surface area contributed by atoms with Crippen LogP contribution < -0.4 is 5.32 Å². The number of amides is 2. The number of hydrogen-bond acceptors (Lipinski definition) is 4. The van der Waals surface area contributed by atoms with Gasteiger partial charge in [-0.25, -0.2) is 0 Å². The van der Waals surface area contributed by atoms with Crippen molar-refractivity contribution in [2.45, 2.75) is 28.7 Å². The molecular formula is C22H25N3O2S. The van der Waals surface area contributed by atoms with Crippen molar-refractivity contribution in [3.05, 3.63) is 60.2 Å². The second kappa shape index (κ2) is 8.80. The van der Waals surface area contributed by atoms with Gasteiger partial charge in [-0.05, 0) is 37.1 Å². The van der Waals surface area contributed by atoms with E-state index < -0.39 is 0 Å². The summed E-state index contributed by atoms with van der Waals surface area (Å²) in [6, 6.07) is 18.0. The van der Waals surface area contributed by atoms with E-state index in [2.05, 4.69) is 17.4 Å². The van der Waals surface area contributed by atoms with Crippen LogP contribution in [0.15, 0.2) is 64.4 Å². The van der Waals surface area contributed by atoms with Crippen LogP contribution in [-0.2, 0) is 4.79 Å². The number of nitrogens with zero attached hydrogens (tertiary/aromatic N) is 2. The second-order valence-electron chi connectivity index (χ2n) is 7.22. The predicted molar refractivity (Wildman–Crippen MR) is 111 cm³/mol. The highest BCUT2D eigenvalue weighted by Crippen LogP contribution is 2.31. The summed E-state index contributed by atoms with van der Waals surface area (Å²) in [6.45, 7) is 3.33. The Hall–Kier alpha value is -2.31. The van der Waals surface area contributed by atoms with Crippen LogP contribution in [0.5, 0.6) is 0 Å². The average Bonchev–Trinajstić information content (AvgIpc) is 2.75. The van der Waals surface area contributed by atoms with Gasteiger partial charge >= 0.3 is 0 Å². The average molecular weight is 396 g/mol. The maximum Gasteiger partial charge on any atom is 0.255 e. The molecule has 0 bridgehead atoms. The van der Waals surface area contributed by atoms with E-state index in [-0.39, 0.29) is 17.9 Å². The highest BCUT2D eigenvalue weighted by atomic mass is 32.2. The molecular weight excluding hydrogens is 370 g/mol. The van der Waals surface area contributed by atoms with Gasteiger partial charge < -0.3 is 15.1 Å². The van der Waals surface area contributed by atoms with Crippen molar-refractivity contribution in [1.82, 2.24) is 15.1 Å². The van der Waals surface area contributed by atoms with Crippen molar-refractivity contribution in [2.75, 3.05) is 32.7 Å². The third kappa shape index (κ3) is 4.23. The number of piperidine rings is 1. The van der Waals surface area contributed by atoms with Gasteiger partial charge in [0.2, 0.25) is 5.91 Å². The van der Waals surface area contributed by atoms with E-state index in [9.17, 15) is 9.59 Å². The van der Waals surface area contributed by atoms with E-state index in [1.807, 2.05) is 52.3 Å². The Morgan fingerprint density at radius 1 is 1.04 bits per heavy atom. The van der Waals surface area contributed by atoms with E-state index >= 15 is 0 Å². The van der Waals surface area contributed by atoms with Crippen LogP contribution in [0.25, 0.3) is 0 Å². The molecule has 2 saturated heterocycles. The molecule has 1 unspecified atom stereocenters. The lowest BCUT2D eigenvalue weighted by Crippen LogP contribution is -2.57. The summed E-state index contributed by atoms with van der Waals surface area (Å²) in [5.74, 6) is 0.205. The summed E-state index contributed by atoms with van der Waals surface area (Å²) in [5, 5.41) is 3.12. The van der Waals surface area contributed by atoms with Crippen LogP contribution in [0.4, 0.5) is 0 Å². The monoisotopic (exact) mass is 395 g/mol. The molecule has 5 nitrogen and oxygen atoms in total. The highest BCUT2D eigenvalue weighted by molar-refractivity contribution is 7.99. The van der Waals surface area contributed by atoms with Gasteiger partial charge in [-0.1, -0.05) is 42.1 Å². The number of piperazine rings is 1. The molecule has 0 spiro atoms. The molecule has 4 rings (SSSR count). The minimum Gasteiger partial charge on any atom is -0.337 e. The van der Waals surface area contributed by atoms with Gasteiger partial charge in [-0.2, -0.15) is 0 Å². The van der Waals surface area contributed by atoms with E-state index in [1.54, 1.807) is 11.8 Å². The first-order valence-electron chi connectivity index (χ1n) is 9.84. The van der Waals surface area contributed by atoms with Crippen molar-refractivity contribution >= 4 is 23.6 Å². The second-order valence-corrected chi connectivity index (χ2v) is 8.34. The predicted octanol–water partition coefficient (Wildman–Crippen LogP) is 2.87. The molecule has 2 aliphatic rings. The zero-order chi connectivity index (χ0) is 19.3. The standard InChI is InChI=1S/C22H25N3O2S/c26-21-15-23-12-14-25(21)17-7-6-13-24(16-17)22(27)19-10-4-5-11-20(19)28-18-8-2-1-3-9-18/h1-5,8-11,17,23H,6-7,12-16H2. The van der Waals surface area contributed by atoms with Crippen LogP contribution >= 0.6 is 11.8 Å². The summed E-state index contributed by atoms with van der Waals surface area (Å²) in [7, 11) is 0. The minimum absolute atomic E-state index is 0.0614. The molecule has 28 heavy (non-hydrogen) atoms. The van der Waals surface area contributed by atoms with Gasteiger partial charge in [-0.3, -0.25) is 9.59 Å². The minimum atomic E-state index is 0.0614. The van der Waals surface area contributed by atoms with E-state index in [1.165, 1.54) is 0 Å². The van der Waals surface area contributed by atoms with Crippen molar-refractivity contribution < 1.29 is 9.59 Å². The number of likely N-dealkylation sites (tertiary alicyclic amines) is 1. The molecule has 2 amide bonds. The lowest BCUT2D eigenvalue weighted by Gasteiger charge is -2.41. The zero-order valence-electron chi connectivity index (χ0n) is 15.8. The van der Waals surface area contributed by atoms with E-state index in [0.29, 0.717) is 13.1 Å². The molecule has 1 N–H and O–H groups in total. The Morgan fingerprint density at radius 2 is 1.82 bits per heavy atom. The summed E-state index contributed by atoms with van der Waals surface area (Å²) < 4.78 is 0. The smallest absolute Gasteiger partial charge is 0.255 e. The van der Waals surface area contributed by atoms with Gasteiger partial charge in [0.25, 0.3) is 5.91 Å². The molecule has 146 valence electrons. The van der Waals surface area contributed by atoms with Crippen LogP contribution in [-0.4, -0.2) is 60.4 Å². The molecule has 2 aromatic rings. The Balaban J connectivity index is 1.50. The summed E-state index contributed by atoms with van der Waals surface area (Å²) in [5.41, 5.74) is 0.739. The lowest BCUT2D eigenvalue weighted by molar-refractivity contribution is -0.135. The van der Waals surface area contributed by atoms with Gasteiger partial charge in [-0.15, -0.1) is 0 Å². The summed E-state index contributed by atoms with van der Waals surface area (Å²) in [4.78, 5) is 31.5. The Morgan fingerprint density at radius 3 is 2.64 bits per heavy atom. The quantitative estimate of drug-likeness (QED) is 0.865. The zero-order valence-corrected chi connectivity index (χ0v) is 16.7. The first kappa shape index (κ1) is 19.0. The SMILES string of the molecule is O=C(c1ccccc1Sc1ccccc1)N1CCCC(N2CCNCC2=O)C1. The van der Waals surface area contributed by atoms with Crippen LogP contribution in [0.2, 0.25) is 0 Å². The molecule has 2 aromatic carbocycles. The van der Waals surface area contributed by atoms with E-state index in [4.69, 9.17) is 0 Å². The molecule has 6 heteroatoms. The Kier molecular flexibility index (Phi) is 5.98. The van der Waals surface area contributed by atoms with Crippen molar-refractivity contribution in [3.63, 3.8) is 0 Å². The fourth-order valence-corrected chi connectivity index (χ4v) is 4.88. The molecule has 2 aliphatic heterocycles. The molecule has 2 heterocycles. The molecule has 0 aliphatic carbocycles. The summed E-state index contributed by atoms with van der Waals surface area (Å²) in [6.07, 6.45) is 1.90. The number of nitrogens with one attached hydrogen (secondary N) is 1. The molecule has 0 radical (unpaired) electrons. The number of hydrogen-bond donors (Lipinski definition) is 1. The van der Waals surface area contributed by atoms with Crippen molar-refractivity contribution in [2.24, 2.45) is 0 Å². The first-order chi connectivity index (χ1) is 13.7. The van der Waals surface area contributed by atoms with Gasteiger partial charge in [0.05, 0.1) is 12.1 Å². The molecule has 1 atom stereocenters. The number of carbonyl (C=O) groups excluding carboxylic acids is 2. The normalized spacial score (nSPS) is 20.3. The molecule has 0 saturated carbocycles. The number of carbonyl (C=O) groups is 2. The van der Waals surface area contributed by atoms with Gasteiger partial charge in [0.15, 0.2) is 0 Å². The van der Waals surface area contributed by atoms with Crippen LogP contribution in [0, 0.1) is 0 Å². The lowest BCUT2D eigenvalue weighted by atomic mass is 10.0. The van der Waals surface area contributed by atoms with Crippen LogP contribution in [0.3, 0.4) is 0 Å². The van der Waals surface area contributed by atoms with Crippen LogP contribution in [0.1, 0.15) is 23.2 Å². The third-order valence-electron chi connectivity index (χ3n) is 5.34. The van der Waals surface area contributed by atoms with Crippen molar-refractivity contribution in [3.8, 4) is 0 Å². The maximum absolute atomic E-state index is 13.3. The number of rotatable bonds is 4. The highest BCUT2D eigenvalue weighted by Gasteiger charge is 2.32. The third-order valence-corrected chi connectivity index (χ3v) is 6.42. The van der Waals surface area contributed by atoms with E-state index in [0.717, 1.165) is 47.8 Å². The van der Waals surface area contributed by atoms with Crippen molar-refractivity contribution in [1.29, 1.82) is 0 Å². The van der Waals surface area contributed by atoms with Gasteiger partial charge in [0.1, 0.15) is 0 Å². The Labute approximate surface area is 170 Å². The van der Waals surface area contributed by atoms with Gasteiger partial charge in [0, 0.05) is 42.0 Å². The topological polar surface area (TPSA) is 52.7 Å². The molecule has 2 fully saturated rings. The number of benzene rings is 2.